The molecule has 0 aromatic carbocycles. The molecule has 1 aliphatic rings. The molecule has 0 aromatic heterocycles. The van der Waals surface area contributed by atoms with Crippen LogP contribution < -0.4 is 0 Å². The molecular weight excluding hydrogens is 148 g/mol. The van der Waals surface area contributed by atoms with Crippen molar-refractivity contribution in [2.45, 2.75) is 13.0 Å². The Kier molecular flexibility index (Phi) is 2.05. The Morgan fingerprint density at radius 3 is 2.55 bits per heavy atom. The Labute approximate surface area is 63.8 Å². The number of ether oxygens (including phenoxy) is 2. The van der Waals surface area contributed by atoms with Gasteiger partial charge in [-0.05, 0) is 6.92 Å². The summed E-state index contributed by atoms with van der Waals surface area (Å²) in [7, 11) is 0. The van der Waals surface area contributed by atoms with Crippen LogP contribution in [0.5, 0.6) is 0 Å². The third-order valence-electron chi connectivity index (χ3n) is 1.14. The lowest BCUT2D eigenvalue weighted by molar-refractivity contribution is -0.157. The zero-order valence-corrected chi connectivity index (χ0v) is 6.12. The lowest BCUT2D eigenvalue weighted by Crippen LogP contribution is -2.17. The van der Waals surface area contributed by atoms with Crippen molar-refractivity contribution in [1.29, 1.82) is 0 Å². The first-order valence-electron chi connectivity index (χ1n) is 3.14. The Morgan fingerprint density at radius 1 is 1.64 bits per heavy atom. The summed E-state index contributed by atoms with van der Waals surface area (Å²) in [5.74, 6) is -1.32. The molecule has 0 amide bonds. The van der Waals surface area contributed by atoms with Crippen LogP contribution in [0, 0.1) is 0 Å². The highest BCUT2D eigenvalue weighted by Gasteiger charge is 2.34. The van der Waals surface area contributed by atoms with Crippen molar-refractivity contribution in [3.63, 3.8) is 0 Å². The van der Waals surface area contributed by atoms with Crippen LogP contribution in [0.1, 0.15) is 6.92 Å². The molecule has 0 aromatic rings. The molecule has 0 bridgehead atoms. The van der Waals surface area contributed by atoms with E-state index >= 15 is 0 Å². The quantitative estimate of drug-likeness (QED) is 0.245. The molecule has 1 fully saturated rings. The van der Waals surface area contributed by atoms with Gasteiger partial charge in [-0.1, -0.05) is 6.58 Å². The smallest absolute Gasteiger partial charge is 0.345 e. The molecule has 4 nitrogen and oxygen atoms in total. The van der Waals surface area contributed by atoms with Gasteiger partial charge in [0, 0.05) is 5.57 Å². The lowest BCUT2D eigenvalue weighted by Gasteiger charge is -1.97. The van der Waals surface area contributed by atoms with E-state index in [1.165, 1.54) is 6.92 Å². The summed E-state index contributed by atoms with van der Waals surface area (Å²) in [5.41, 5.74) is 0.207. The van der Waals surface area contributed by atoms with Crippen LogP contribution in [0.3, 0.4) is 0 Å². The lowest BCUT2D eigenvalue weighted by atomic mass is 10.4. The van der Waals surface area contributed by atoms with Gasteiger partial charge in [0.25, 0.3) is 0 Å². The second-order valence-corrected chi connectivity index (χ2v) is 2.31. The van der Waals surface area contributed by atoms with E-state index in [1.54, 1.807) is 0 Å². The molecule has 0 radical (unpaired) electrons. The summed E-state index contributed by atoms with van der Waals surface area (Å²) in [6.07, 6.45) is -0.529. The minimum atomic E-state index is -0.689. The molecule has 0 aliphatic carbocycles. The third kappa shape index (κ3) is 2.16. The molecule has 60 valence electrons. The Bertz CT molecular complexity index is 214. The van der Waals surface area contributed by atoms with Gasteiger partial charge in [0.1, 0.15) is 0 Å². The molecule has 11 heavy (non-hydrogen) atoms. The Morgan fingerprint density at radius 2 is 2.18 bits per heavy atom. The van der Waals surface area contributed by atoms with Gasteiger partial charge in [-0.15, -0.1) is 0 Å². The fraction of sp³-hybridized carbons (Fsp3) is 0.429. The Hall–Kier alpha value is -1.16. The predicted molar refractivity (Wildman–Crippen MR) is 35.7 cm³/mol. The monoisotopic (exact) mass is 156 g/mol. The van der Waals surface area contributed by atoms with E-state index in [0.29, 0.717) is 6.61 Å². The van der Waals surface area contributed by atoms with Crippen molar-refractivity contribution in [2.75, 3.05) is 6.61 Å². The number of carbonyl (C=O) groups excluding carboxylic acids is 2. The second kappa shape index (κ2) is 2.84. The number of hydrogen-bond donors (Lipinski definition) is 0. The van der Waals surface area contributed by atoms with Crippen LogP contribution in [0.4, 0.5) is 0 Å². The fourth-order valence-electron chi connectivity index (χ4n) is 0.428. The van der Waals surface area contributed by atoms with Crippen molar-refractivity contribution < 1.29 is 19.1 Å². The maximum absolute atomic E-state index is 10.7. The summed E-state index contributed by atoms with van der Waals surface area (Å²) in [6, 6.07) is 0. The first kappa shape index (κ1) is 7.94. The first-order valence-corrected chi connectivity index (χ1v) is 3.14. The molecule has 1 aliphatic heterocycles. The van der Waals surface area contributed by atoms with Gasteiger partial charge in [0.15, 0.2) is 6.10 Å². The van der Waals surface area contributed by atoms with Gasteiger partial charge >= 0.3 is 11.9 Å². The third-order valence-corrected chi connectivity index (χ3v) is 1.14. The minimum Gasteiger partial charge on any atom is -0.388 e. The highest BCUT2D eigenvalue weighted by molar-refractivity contribution is 5.97. The van der Waals surface area contributed by atoms with Crippen LogP contribution in [-0.4, -0.2) is 24.6 Å². The summed E-state index contributed by atoms with van der Waals surface area (Å²) in [4.78, 5) is 21.4. The zero-order valence-electron chi connectivity index (χ0n) is 6.12. The molecule has 1 heterocycles. The van der Waals surface area contributed by atoms with Crippen molar-refractivity contribution in [2.24, 2.45) is 0 Å². The van der Waals surface area contributed by atoms with Gasteiger partial charge in [0.05, 0.1) is 6.61 Å². The molecule has 0 N–H and O–H groups in total. The Balaban J connectivity index is 2.34. The predicted octanol–water partition coefficient (Wildman–Crippen LogP) is 0.0311. The largest absolute Gasteiger partial charge is 0.388 e. The molecule has 0 saturated carbocycles. The maximum atomic E-state index is 10.7. The van der Waals surface area contributed by atoms with Gasteiger partial charge in [-0.25, -0.2) is 9.59 Å². The average Bonchev–Trinajstić information content (AvgIpc) is 2.67. The number of rotatable bonds is 2. The average molecular weight is 156 g/mol. The molecular formula is C7H8O4. The SMILES string of the molecule is C=C(C)C(=O)OC(=O)C1CO1. The zero-order chi connectivity index (χ0) is 8.43. The van der Waals surface area contributed by atoms with E-state index in [1.807, 2.05) is 0 Å². The molecule has 1 unspecified atom stereocenters. The van der Waals surface area contributed by atoms with Gasteiger partial charge in [-0.2, -0.15) is 0 Å². The van der Waals surface area contributed by atoms with Gasteiger partial charge in [0.2, 0.25) is 0 Å². The van der Waals surface area contributed by atoms with Crippen LogP contribution in [-0.2, 0) is 19.1 Å². The number of esters is 2. The van der Waals surface area contributed by atoms with Crippen LogP contribution in [0.2, 0.25) is 0 Å². The molecule has 1 atom stereocenters. The maximum Gasteiger partial charge on any atom is 0.345 e. The highest BCUT2D eigenvalue weighted by atomic mass is 16.6. The summed E-state index contributed by atoms with van der Waals surface area (Å²) in [6.45, 7) is 5.15. The number of hydrogen-bond acceptors (Lipinski definition) is 4. The molecule has 1 rings (SSSR count). The van der Waals surface area contributed by atoms with Gasteiger partial charge in [-0.3, -0.25) is 0 Å². The van der Waals surface area contributed by atoms with Crippen molar-refractivity contribution in [3.8, 4) is 0 Å². The summed E-state index contributed by atoms with van der Waals surface area (Å²) >= 11 is 0. The van der Waals surface area contributed by atoms with Crippen molar-refractivity contribution >= 4 is 11.9 Å². The minimum absolute atomic E-state index is 0.207. The molecule has 1 saturated heterocycles. The number of carbonyl (C=O) groups is 2. The van der Waals surface area contributed by atoms with E-state index in [4.69, 9.17) is 0 Å². The second-order valence-electron chi connectivity index (χ2n) is 2.31. The van der Waals surface area contributed by atoms with Crippen LogP contribution in [0.25, 0.3) is 0 Å². The standard InChI is InChI=1S/C7H8O4/c1-4(2)6(8)11-7(9)5-3-10-5/h5H,1,3H2,2H3. The van der Waals surface area contributed by atoms with E-state index < -0.39 is 18.0 Å². The van der Waals surface area contributed by atoms with Gasteiger partial charge < -0.3 is 9.47 Å². The normalized spacial score (nSPS) is 20.6. The van der Waals surface area contributed by atoms with E-state index in [2.05, 4.69) is 16.1 Å². The van der Waals surface area contributed by atoms with Crippen molar-refractivity contribution in [3.05, 3.63) is 12.2 Å². The first-order chi connectivity index (χ1) is 5.11. The highest BCUT2D eigenvalue weighted by Crippen LogP contribution is 2.11. The van der Waals surface area contributed by atoms with E-state index in [-0.39, 0.29) is 5.57 Å². The molecule has 4 heteroatoms. The molecule has 0 spiro atoms. The summed E-state index contributed by atoms with van der Waals surface area (Å²) < 4.78 is 8.93. The van der Waals surface area contributed by atoms with Crippen molar-refractivity contribution in [1.82, 2.24) is 0 Å². The summed E-state index contributed by atoms with van der Waals surface area (Å²) in [5, 5.41) is 0. The van der Waals surface area contributed by atoms with Crippen LogP contribution >= 0.6 is 0 Å². The topological polar surface area (TPSA) is 55.9 Å². The fourth-order valence-corrected chi connectivity index (χ4v) is 0.428. The van der Waals surface area contributed by atoms with Crippen LogP contribution in [0.15, 0.2) is 12.2 Å². The number of epoxide rings is 1. The van der Waals surface area contributed by atoms with E-state index in [9.17, 15) is 9.59 Å². The van der Waals surface area contributed by atoms with E-state index in [0.717, 1.165) is 0 Å².